The van der Waals surface area contributed by atoms with Crippen molar-refractivity contribution in [2.45, 2.75) is 57.6 Å². The van der Waals surface area contributed by atoms with Gasteiger partial charge in [-0.3, -0.25) is 14.6 Å². The zero-order valence-corrected chi connectivity index (χ0v) is 14.6. The molecule has 0 aromatic carbocycles. The number of carbonyl (C=O) groups is 1. The number of aliphatic hydroxyl groups is 4. The fourth-order valence-electron chi connectivity index (χ4n) is 5.15. The van der Waals surface area contributed by atoms with Gasteiger partial charge in [0, 0.05) is 26.2 Å². The molecule has 4 saturated heterocycles. The highest BCUT2D eigenvalue weighted by Crippen LogP contribution is 2.51. The topological polar surface area (TPSA) is 104 Å². The molecule has 2 unspecified atom stereocenters. The molecule has 0 radical (unpaired) electrons. The van der Waals surface area contributed by atoms with Gasteiger partial charge in [-0.1, -0.05) is 26.7 Å². The first-order chi connectivity index (χ1) is 11.3. The molecule has 0 saturated carbocycles. The number of hydrogen-bond acceptors (Lipinski definition) is 7. The summed E-state index contributed by atoms with van der Waals surface area (Å²) in [6.45, 7) is 5.85. The van der Waals surface area contributed by atoms with E-state index in [0.29, 0.717) is 32.0 Å². The summed E-state index contributed by atoms with van der Waals surface area (Å²) in [7, 11) is 0. The maximum atomic E-state index is 13.0. The van der Waals surface area contributed by atoms with Gasteiger partial charge in [-0.15, -0.1) is 0 Å². The first-order valence-corrected chi connectivity index (χ1v) is 8.96. The van der Waals surface area contributed by atoms with E-state index >= 15 is 0 Å². The number of ketones is 1. The van der Waals surface area contributed by atoms with E-state index in [9.17, 15) is 20.1 Å². The van der Waals surface area contributed by atoms with E-state index in [1.165, 1.54) is 0 Å². The summed E-state index contributed by atoms with van der Waals surface area (Å²) in [6, 6.07) is 0. The van der Waals surface area contributed by atoms with Crippen molar-refractivity contribution in [1.29, 1.82) is 0 Å². The smallest absolute Gasteiger partial charge is 0.150 e. The number of aliphatic hydroxyl groups excluding tert-OH is 4. The largest absolute Gasteiger partial charge is 0.394 e. The third-order valence-corrected chi connectivity index (χ3v) is 6.14. The number of nitrogens with zero attached hydrogens (tertiary/aromatic N) is 2. The van der Waals surface area contributed by atoms with Crippen molar-refractivity contribution in [3.05, 3.63) is 0 Å². The highest BCUT2D eigenvalue weighted by Gasteiger charge is 2.64. The van der Waals surface area contributed by atoms with Crippen LogP contribution in [0.4, 0.5) is 0 Å². The van der Waals surface area contributed by atoms with E-state index in [4.69, 9.17) is 5.11 Å². The predicted octanol–water partition coefficient (Wildman–Crippen LogP) is -1.22. The van der Waals surface area contributed by atoms with Crippen LogP contribution in [0.2, 0.25) is 0 Å². The van der Waals surface area contributed by atoms with E-state index in [1.807, 2.05) is 6.92 Å². The minimum absolute atomic E-state index is 0.347. The van der Waals surface area contributed by atoms with Crippen molar-refractivity contribution in [3.8, 4) is 0 Å². The monoisotopic (exact) mass is 342 g/mol. The fourth-order valence-corrected chi connectivity index (χ4v) is 5.15. The van der Waals surface area contributed by atoms with Crippen molar-refractivity contribution in [3.63, 3.8) is 0 Å². The van der Waals surface area contributed by atoms with Gasteiger partial charge in [0.25, 0.3) is 0 Å². The van der Waals surface area contributed by atoms with Gasteiger partial charge in [0.15, 0.2) is 0 Å². The molecule has 7 heteroatoms. The first kappa shape index (κ1) is 18.2. The van der Waals surface area contributed by atoms with Crippen LogP contribution in [-0.4, -0.2) is 93.3 Å². The Balaban J connectivity index is 1.84. The Hall–Kier alpha value is -0.570. The van der Waals surface area contributed by atoms with E-state index in [1.54, 1.807) is 0 Å². The summed E-state index contributed by atoms with van der Waals surface area (Å²) in [4.78, 5) is 17.2. The number of rotatable bonds is 7. The molecule has 0 aromatic heterocycles. The molecule has 4 heterocycles. The van der Waals surface area contributed by atoms with Crippen molar-refractivity contribution in [2.75, 3.05) is 32.8 Å². The molecule has 0 amide bonds. The number of hydrogen-bond donors (Lipinski definition) is 4. The van der Waals surface area contributed by atoms with Crippen molar-refractivity contribution in [2.24, 2.45) is 10.8 Å². The molecule has 0 aliphatic carbocycles. The Kier molecular flexibility index (Phi) is 4.79. The van der Waals surface area contributed by atoms with E-state index in [0.717, 1.165) is 19.3 Å². The molecule has 138 valence electrons. The van der Waals surface area contributed by atoms with E-state index < -0.39 is 36.5 Å². The van der Waals surface area contributed by atoms with Crippen LogP contribution in [0.3, 0.4) is 0 Å². The summed E-state index contributed by atoms with van der Waals surface area (Å²) in [5.74, 6) is 0.347. The molecule has 4 rings (SSSR count). The van der Waals surface area contributed by atoms with Gasteiger partial charge in [0.05, 0.1) is 23.6 Å². The van der Waals surface area contributed by atoms with Crippen LogP contribution in [0.5, 0.6) is 0 Å². The molecular formula is C17H30N2O5. The Morgan fingerprint density at radius 1 is 1.17 bits per heavy atom. The number of piperidine rings is 2. The Labute approximate surface area is 142 Å². The van der Waals surface area contributed by atoms with Crippen LogP contribution in [0.25, 0.3) is 0 Å². The van der Waals surface area contributed by atoms with Gasteiger partial charge in [-0.05, 0) is 6.42 Å². The molecular weight excluding hydrogens is 312 g/mol. The van der Waals surface area contributed by atoms with E-state index in [-0.39, 0.29) is 5.41 Å². The van der Waals surface area contributed by atoms with Crippen LogP contribution in [0.1, 0.15) is 33.1 Å². The Morgan fingerprint density at radius 3 is 2.25 bits per heavy atom. The van der Waals surface area contributed by atoms with Gasteiger partial charge in [-0.2, -0.15) is 0 Å². The zero-order valence-electron chi connectivity index (χ0n) is 14.6. The van der Waals surface area contributed by atoms with Crippen molar-refractivity contribution in [1.82, 2.24) is 9.80 Å². The third kappa shape index (κ3) is 2.62. The summed E-state index contributed by atoms with van der Waals surface area (Å²) >= 11 is 0. The summed E-state index contributed by atoms with van der Waals surface area (Å²) in [5.41, 5.74) is -0.807. The Bertz CT molecular complexity index is 483. The van der Waals surface area contributed by atoms with Crippen LogP contribution in [0.15, 0.2) is 0 Å². The van der Waals surface area contributed by atoms with Gasteiger partial charge >= 0.3 is 0 Å². The number of Topliss-reactive ketones (excluding diaryl/α,β-unsaturated/α-hetero) is 1. The van der Waals surface area contributed by atoms with Crippen LogP contribution in [-0.2, 0) is 4.79 Å². The second kappa shape index (κ2) is 6.30. The second-order valence-corrected chi connectivity index (χ2v) is 8.23. The standard InChI is InChI=1S/C17H30N2O5/c1-3-4-5-17-9-18-7-16(2,15(17)24)8-19(10-17)14(18)13(23)12(22)11(21)6-20/h11-14,20-23H,3-10H2,1-2H3/t11-,12+,13+,14?,16?,17?/m0/s1. The maximum Gasteiger partial charge on any atom is 0.150 e. The molecule has 4 N–H and O–H groups in total. The predicted molar refractivity (Wildman–Crippen MR) is 87.1 cm³/mol. The van der Waals surface area contributed by atoms with Crippen LogP contribution < -0.4 is 0 Å². The Morgan fingerprint density at radius 2 is 1.75 bits per heavy atom. The van der Waals surface area contributed by atoms with Crippen LogP contribution >= 0.6 is 0 Å². The molecule has 24 heavy (non-hydrogen) atoms. The maximum absolute atomic E-state index is 13.0. The lowest BCUT2D eigenvalue weighted by Crippen LogP contribution is -2.81. The minimum Gasteiger partial charge on any atom is -0.394 e. The lowest BCUT2D eigenvalue weighted by molar-refractivity contribution is -0.229. The third-order valence-electron chi connectivity index (χ3n) is 6.14. The van der Waals surface area contributed by atoms with E-state index in [2.05, 4.69) is 16.7 Å². The second-order valence-electron chi connectivity index (χ2n) is 8.23. The molecule has 4 bridgehead atoms. The molecule has 4 aliphatic heterocycles. The quantitative estimate of drug-likeness (QED) is 0.460. The molecule has 7 nitrogen and oxygen atoms in total. The van der Waals surface area contributed by atoms with Crippen molar-refractivity contribution < 1.29 is 25.2 Å². The average Bonchev–Trinajstić information content (AvgIpc) is 2.55. The molecule has 4 fully saturated rings. The normalized spacial score (nSPS) is 44.6. The summed E-state index contributed by atoms with van der Waals surface area (Å²) in [5, 5.41) is 39.4. The highest BCUT2D eigenvalue weighted by atomic mass is 16.4. The zero-order chi connectivity index (χ0) is 17.7. The van der Waals surface area contributed by atoms with Gasteiger partial charge in [-0.25, -0.2) is 0 Å². The highest BCUT2D eigenvalue weighted by molar-refractivity contribution is 5.93. The SMILES string of the molecule is CCCCC12CN3CC(C)(CN(C1)C3[C@H](O)[C@H](O)[C@@H](O)CO)C2=O. The summed E-state index contributed by atoms with van der Waals surface area (Å²) < 4.78 is 0. The summed E-state index contributed by atoms with van der Waals surface area (Å²) in [6.07, 6.45) is -1.48. The average molecular weight is 342 g/mol. The first-order valence-electron chi connectivity index (χ1n) is 8.96. The number of carbonyl (C=O) groups excluding carboxylic acids is 1. The molecule has 4 aliphatic rings. The lowest BCUT2D eigenvalue weighted by atomic mass is 9.59. The van der Waals surface area contributed by atoms with Gasteiger partial charge in [0.1, 0.15) is 24.1 Å². The molecule has 0 aromatic rings. The van der Waals surface area contributed by atoms with Crippen molar-refractivity contribution >= 4 is 5.78 Å². The van der Waals surface area contributed by atoms with Gasteiger partial charge < -0.3 is 20.4 Å². The minimum atomic E-state index is -1.41. The lowest BCUT2D eigenvalue weighted by Gasteiger charge is -2.66. The fraction of sp³-hybridized carbons (Fsp3) is 0.941. The number of unbranched alkanes of at least 4 members (excludes halogenated alkanes) is 1. The van der Waals surface area contributed by atoms with Gasteiger partial charge in [0.2, 0.25) is 0 Å². The molecule has 0 spiro atoms. The van der Waals surface area contributed by atoms with Crippen LogP contribution in [0, 0.1) is 10.8 Å². The molecule has 5 atom stereocenters.